The van der Waals surface area contributed by atoms with E-state index >= 15 is 0 Å². The molecule has 1 aliphatic heterocycles. The van der Waals surface area contributed by atoms with E-state index in [4.69, 9.17) is 0 Å². The van der Waals surface area contributed by atoms with Gasteiger partial charge in [-0.1, -0.05) is 36.8 Å². The van der Waals surface area contributed by atoms with Crippen LogP contribution in [0.2, 0.25) is 0 Å². The van der Waals surface area contributed by atoms with Gasteiger partial charge in [0.1, 0.15) is 0 Å². The molecule has 1 N–H and O–H groups in total. The summed E-state index contributed by atoms with van der Waals surface area (Å²) >= 11 is 0. The number of benzene rings is 1. The highest BCUT2D eigenvalue weighted by Gasteiger charge is 2.20. The van der Waals surface area contributed by atoms with Crippen molar-refractivity contribution in [1.29, 1.82) is 0 Å². The molecule has 1 atom stereocenters. The fourth-order valence-electron chi connectivity index (χ4n) is 2.61. The number of nitrogens with one attached hydrogen (secondary N) is 1. The number of hydrogen-bond acceptors (Lipinski definition) is 2. The minimum atomic E-state index is 0.847. The summed E-state index contributed by atoms with van der Waals surface area (Å²) in [6.45, 7) is 10.3. The molecule has 17 heavy (non-hydrogen) atoms. The maximum atomic E-state index is 3.59. The number of rotatable bonds is 5. The number of nitrogens with zero attached hydrogens (tertiary/aromatic N) is 1. The molecule has 1 saturated heterocycles. The van der Waals surface area contributed by atoms with Crippen molar-refractivity contribution < 1.29 is 0 Å². The molecule has 2 nitrogen and oxygen atoms in total. The van der Waals surface area contributed by atoms with E-state index < -0.39 is 0 Å². The van der Waals surface area contributed by atoms with Crippen molar-refractivity contribution in [3.63, 3.8) is 0 Å². The Labute approximate surface area is 105 Å². The summed E-state index contributed by atoms with van der Waals surface area (Å²) < 4.78 is 0. The molecule has 0 bridgehead atoms. The second-order valence-electron chi connectivity index (χ2n) is 5.17. The normalized spacial score (nSPS) is 20.9. The Kier molecular flexibility index (Phi) is 4.57. The molecule has 0 amide bonds. The zero-order chi connectivity index (χ0) is 12.1. The van der Waals surface area contributed by atoms with E-state index in [1.165, 1.54) is 37.2 Å². The molecule has 94 valence electrons. The molecule has 0 saturated carbocycles. The molecule has 0 aliphatic carbocycles. The van der Waals surface area contributed by atoms with Crippen LogP contribution < -0.4 is 5.32 Å². The van der Waals surface area contributed by atoms with Crippen LogP contribution in [0.25, 0.3) is 0 Å². The van der Waals surface area contributed by atoms with E-state index in [1.54, 1.807) is 0 Å². The monoisotopic (exact) mass is 232 g/mol. The van der Waals surface area contributed by atoms with Crippen molar-refractivity contribution in [3.8, 4) is 0 Å². The van der Waals surface area contributed by atoms with Crippen molar-refractivity contribution >= 4 is 0 Å². The van der Waals surface area contributed by atoms with Gasteiger partial charge >= 0.3 is 0 Å². The van der Waals surface area contributed by atoms with Gasteiger partial charge in [-0.25, -0.2) is 0 Å². The fraction of sp³-hybridized carbons (Fsp3) is 0.600. The molecule has 1 fully saturated rings. The SMILES string of the molecule is CCN1CCC(CNCc2cccc(C)c2)C1. The maximum absolute atomic E-state index is 3.59. The minimum absolute atomic E-state index is 0.847. The van der Waals surface area contributed by atoms with Gasteiger partial charge in [-0.05, 0) is 44.5 Å². The number of aryl methyl sites for hydroxylation is 1. The molecule has 0 spiro atoms. The Hall–Kier alpha value is -0.860. The summed E-state index contributed by atoms with van der Waals surface area (Å²) in [4.78, 5) is 2.54. The van der Waals surface area contributed by atoms with Crippen LogP contribution in [0.15, 0.2) is 24.3 Å². The molecule has 1 heterocycles. The molecular weight excluding hydrogens is 208 g/mol. The highest BCUT2D eigenvalue weighted by molar-refractivity contribution is 5.21. The number of hydrogen-bond donors (Lipinski definition) is 1. The van der Waals surface area contributed by atoms with E-state index in [0.29, 0.717) is 0 Å². The predicted octanol–water partition coefficient (Wildman–Crippen LogP) is 2.43. The predicted molar refractivity (Wildman–Crippen MR) is 73.1 cm³/mol. The van der Waals surface area contributed by atoms with Crippen LogP contribution in [0.3, 0.4) is 0 Å². The van der Waals surface area contributed by atoms with Gasteiger partial charge in [-0.15, -0.1) is 0 Å². The zero-order valence-corrected chi connectivity index (χ0v) is 11.1. The number of likely N-dealkylation sites (tertiary alicyclic amines) is 1. The second-order valence-corrected chi connectivity index (χ2v) is 5.17. The van der Waals surface area contributed by atoms with Gasteiger partial charge in [0.2, 0.25) is 0 Å². The molecule has 1 aliphatic rings. The lowest BCUT2D eigenvalue weighted by atomic mass is 10.1. The van der Waals surface area contributed by atoms with Gasteiger partial charge in [-0.2, -0.15) is 0 Å². The molecule has 2 heteroatoms. The van der Waals surface area contributed by atoms with Crippen molar-refractivity contribution in [3.05, 3.63) is 35.4 Å². The first-order valence-corrected chi connectivity index (χ1v) is 6.76. The Morgan fingerprint density at radius 2 is 2.29 bits per heavy atom. The van der Waals surface area contributed by atoms with Crippen molar-refractivity contribution in [1.82, 2.24) is 10.2 Å². The Balaban J connectivity index is 1.70. The molecule has 1 aromatic carbocycles. The van der Waals surface area contributed by atoms with E-state index in [9.17, 15) is 0 Å². The van der Waals surface area contributed by atoms with E-state index in [0.717, 1.165) is 19.0 Å². The van der Waals surface area contributed by atoms with Crippen LogP contribution in [0, 0.1) is 12.8 Å². The molecular formula is C15H24N2. The zero-order valence-electron chi connectivity index (χ0n) is 11.1. The van der Waals surface area contributed by atoms with Crippen LogP contribution in [0.5, 0.6) is 0 Å². The van der Waals surface area contributed by atoms with Crippen LogP contribution in [0.4, 0.5) is 0 Å². The topological polar surface area (TPSA) is 15.3 Å². The fourth-order valence-corrected chi connectivity index (χ4v) is 2.61. The average Bonchev–Trinajstić information content (AvgIpc) is 2.77. The summed E-state index contributed by atoms with van der Waals surface area (Å²) in [6, 6.07) is 8.76. The maximum Gasteiger partial charge on any atom is 0.0205 e. The third-order valence-electron chi connectivity index (χ3n) is 3.66. The molecule has 0 aromatic heterocycles. The first kappa shape index (κ1) is 12.6. The van der Waals surface area contributed by atoms with Crippen LogP contribution in [-0.4, -0.2) is 31.1 Å². The van der Waals surface area contributed by atoms with Gasteiger partial charge in [-0.3, -0.25) is 0 Å². The third kappa shape index (κ3) is 3.83. The molecule has 1 aromatic rings. The summed E-state index contributed by atoms with van der Waals surface area (Å²) in [5.74, 6) is 0.847. The second kappa shape index (κ2) is 6.18. The van der Waals surface area contributed by atoms with Crippen LogP contribution in [-0.2, 0) is 6.54 Å². The van der Waals surface area contributed by atoms with Crippen molar-refractivity contribution in [2.45, 2.75) is 26.8 Å². The Bertz CT molecular complexity index is 349. The van der Waals surface area contributed by atoms with Gasteiger partial charge in [0, 0.05) is 13.1 Å². The first-order chi connectivity index (χ1) is 8.28. The highest BCUT2D eigenvalue weighted by atomic mass is 15.1. The van der Waals surface area contributed by atoms with Gasteiger partial charge < -0.3 is 10.2 Å². The Morgan fingerprint density at radius 1 is 1.41 bits per heavy atom. The van der Waals surface area contributed by atoms with Gasteiger partial charge in [0.25, 0.3) is 0 Å². The minimum Gasteiger partial charge on any atom is -0.312 e. The lowest BCUT2D eigenvalue weighted by Crippen LogP contribution is -2.26. The van der Waals surface area contributed by atoms with E-state index in [-0.39, 0.29) is 0 Å². The van der Waals surface area contributed by atoms with Gasteiger partial charge in [0.05, 0.1) is 0 Å². The van der Waals surface area contributed by atoms with Crippen LogP contribution in [0.1, 0.15) is 24.5 Å². The third-order valence-corrected chi connectivity index (χ3v) is 3.66. The standard InChI is InChI=1S/C15H24N2/c1-3-17-8-7-15(12-17)11-16-10-14-6-4-5-13(2)9-14/h4-6,9,15-16H,3,7-8,10-12H2,1-2H3. The molecule has 2 rings (SSSR count). The largest absolute Gasteiger partial charge is 0.312 e. The summed E-state index contributed by atoms with van der Waals surface area (Å²) in [5.41, 5.74) is 2.75. The smallest absolute Gasteiger partial charge is 0.0205 e. The average molecular weight is 232 g/mol. The van der Waals surface area contributed by atoms with Gasteiger partial charge in [0.15, 0.2) is 0 Å². The summed E-state index contributed by atoms with van der Waals surface area (Å²) in [7, 11) is 0. The lowest BCUT2D eigenvalue weighted by molar-refractivity contribution is 0.339. The molecule has 1 unspecified atom stereocenters. The van der Waals surface area contributed by atoms with E-state index in [2.05, 4.69) is 48.3 Å². The quantitative estimate of drug-likeness (QED) is 0.839. The van der Waals surface area contributed by atoms with E-state index in [1.807, 2.05) is 0 Å². The van der Waals surface area contributed by atoms with Crippen molar-refractivity contribution in [2.75, 3.05) is 26.2 Å². The molecule has 0 radical (unpaired) electrons. The summed E-state index contributed by atoms with van der Waals surface area (Å²) in [5, 5.41) is 3.59. The summed E-state index contributed by atoms with van der Waals surface area (Å²) in [6.07, 6.45) is 1.36. The van der Waals surface area contributed by atoms with Crippen LogP contribution >= 0.6 is 0 Å². The van der Waals surface area contributed by atoms with Crippen molar-refractivity contribution in [2.24, 2.45) is 5.92 Å². The highest BCUT2D eigenvalue weighted by Crippen LogP contribution is 2.14. The first-order valence-electron chi connectivity index (χ1n) is 6.76. The Morgan fingerprint density at radius 3 is 3.00 bits per heavy atom. The lowest BCUT2D eigenvalue weighted by Gasteiger charge is -2.13.